The van der Waals surface area contributed by atoms with Crippen molar-refractivity contribution in [1.82, 2.24) is 0 Å². The average molecular weight is 176 g/mol. The molecule has 0 radical (unpaired) electrons. The molecule has 5 heteroatoms. The van der Waals surface area contributed by atoms with Crippen LogP contribution in [-0.4, -0.2) is 23.3 Å². The second-order valence-corrected chi connectivity index (χ2v) is 3.36. The van der Waals surface area contributed by atoms with Crippen molar-refractivity contribution in [3.8, 4) is 0 Å². The fourth-order valence-electron chi connectivity index (χ4n) is 1.49. The van der Waals surface area contributed by atoms with Crippen LogP contribution in [0.1, 0.15) is 12.8 Å². The van der Waals surface area contributed by atoms with Crippen molar-refractivity contribution >= 4 is 18.3 Å². The van der Waals surface area contributed by atoms with Crippen LogP contribution in [0.5, 0.6) is 0 Å². The van der Waals surface area contributed by atoms with E-state index in [1.54, 1.807) is 0 Å². The Morgan fingerprint density at radius 1 is 1.36 bits per heavy atom. The molecule has 1 saturated heterocycles. The van der Waals surface area contributed by atoms with Crippen molar-refractivity contribution in [2.75, 3.05) is 0 Å². The summed E-state index contributed by atoms with van der Waals surface area (Å²) in [4.78, 5) is 10.5. The Labute approximate surface area is 68.3 Å². The third-order valence-electron chi connectivity index (χ3n) is 2.12. The number of carboxylic acid groups (broad SMARTS) is 1. The van der Waals surface area contributed by atoms with Gasteiger partial charge in [0.15, 0.2) is 12.3 Å². The van der Waals surface area contributed by atoms with E-state index in [1.165, 1.54) is 0 Å². The Hall–Kier alpha value is -0.260. The summed E-state index contributed by atoms with van der Waals surface area (Å²) in [5.41, 5.74) is 0. The maximum atomic E-state index is 10.5. The lowest BCUT2D eigenvalue weighted by atomic mass is 10.1. The maximum absolute atomic E-state index is 10.5. The van der Waals surface area contributed by atoms with Crippen LogP contribution in [0.3, 0.4) is 0 Å². The lowest BCUT2D eigenvalue weighted by Crippen LogP contribution is -2.13. The number of carbonyl (C=O) groups is 1. The van der Waals surface area contributed by atoms with E-state index in [4.69, 9.17) is 13.5 Å². The third-order valence-corrected chi connectivity index (χ3v) is 2.77. The molecule has 2 rings (SSSR count). The molecule has 2 fully saturated rings. The Bertz CT molecular complexity index is 171. The molecule has 11 heavy (non-hydrogen) atoms. The summed E-state index contributed by atoms with van der Waals surface area (Å²) in [5.74, 6) is -1.01. The van der Waals surface area contributed by atoms with Gasteiger partial charge in [-0.2, -0.15) is 0 Å². The largest absolute Gasteiger partial charge is 0.481 e. The SMILES string of the molecule is O=C(O)C1C[C@@H]2OSO[C@@H]2C1. The lowest BCUT2D eigenvalue weighted by molar-refractivity contribution is -0.141. The lowest BCUT2D eigenvalue weighted by Gasteiger charge is -2.01. The molecule has 1 N–H and O–H groups in total. The number of aliphatic carboxylic acids is 1. The number of carboxylic acids is 1. The highest BCUT2D eigenvalue weighted by molar-refractivity contribution is 7.90. The highest BCUT2D eigenvalue weighted by Crippen LogP contribution is 2.40. The summed E-state index contributed by atoms with van der Waals surface area (Å²) in [6.45, 7) is 0. The van der Waals surface area contributed by atoms with Crippen LogP contribution in [0.4, 0.5) is 0 Å². The highest BCUT2D eigenvalue weighted by atomic mass is 32.2. The van der Waals surface area contributed by atoms with E-state index in [0.29, 0.717) is 12.8 Å². The third kappa shape index (κ3) is 1.23. The summed E-state index contributed by atoms with van der Waals surface area (Å²) in [7, 11) is 0. The van der Waals surface area contributed by atoms with Gasteiger partial charge < -0.3 is 5.11 Å². The quantitative estimate of drug-likeness (QED) is 0.599. The smallest absolute Gasteiger partial charge is 0.306 e. The average Bonchev–Trinajstić information content (AvgIpc) is 2.40. The van der Waals surface area contributed by atoms with Gasteiger partial charge in [-0.25, -0.2) is 0 Å². The Kier molecular flexibility index (Phi) is 1.78. The first-order valence-electron chi connectivity index (χ1n) is 3.49. The fraction of sp³-hybridized carbons (Fsp3) is 0.833. The fourth-order valence-corrected chi connectivity index (χ4v) is 2.14. The summed E-state index contributed by atoms with van der Waals surface area (Å²) in [5, 5.41) is 8.65. The minimum Gasteiger partial charge on any atom is -0.481 e. The molecule has 3 atom stereocenters. The molecule has 2 aliphatic rings. The van der Waals surface area contributed by atoms with Gasteiger partial charge in [-0.05, 0) is 12.8 Å². The monoisotopic (exact) mass is 176 g/mol. The number of fused-ring (bicyclic) bond motifs is 1. The highest BCUT2D eigenvalue weighted by Gasteiger charge is 2.43. The van der Waals surface area contributed by atoms with Crippen molar-refractivity contribution < 1.29 is 18.3 Å². The molecule has 1 aliphatic heterocycles. The van der Waals surface area contributed by atoms with Gasteiger partial charge in [0.1, 0.15) is 12.2 Å². The van der Waals surface area contributed by atoms with Crippen LogP contribution in [0.25, 0.3) is 0 Å². The molecule has 4 nitrogen and oxygen atoms in total. The van der Waals surface area contributed by atoms with Gasteiger partial charge in [0.25, 0.3) is 0 Å². The molecule has 1 saturated carbocycles. The Morgan fingerprint density at radius 2 is 1.91 bits per heavy atom. The molecule has 0 bridgehead atoms. The topological polar surface area (TPSA) is 55.8 Å². The number of hydrogen-bond acceptors (Lipinski definition) is 4. The van der Waals surface area contributed by atoms with Crippen molar-refractivity contribution in [3.05, 3.63) is 0 Å². The van der Waals surface area contributed by atoms with Gasteiger partial charge in [0.05, 0.1) is 5.92 Å². The number of hydrogen-bond donors (Lipinski definition) is 1. The standard InChI is InChI=1S/C6H8O4S/c7-6(8)3-1-4-5(2-3)10-11-9-4/h3-5H,1-2H2,(H,7,8)/t3?,4-,5+. The van der Waals surface area contributed by atoms with Crippen LogP contribution in [0, 0.1) is 5.92 Å². The molecular formula is C6H8O4S. The minimum atomic E-state index is -0.739. The van der Waals surface area contributed by atoms with Gasteiger partial charge in [0, 0.05) is 0 Å². The Balaban J connectivity index is 1.99. The summed E-state index contributed by atoms with van der Waals surface area (Å²) < 4.78 is 10.2. The van der Waals surface area contributed by atoms with Gasteiger partial charge in [-0.15, -0.1) is 0 Å². The summed E-state index contributed by atoms with van der Waals surface area (Å²) in [6, 6.07) is 0. The molecule has 0 spiro atoms. The Morgan fingerprint density at radius 3 is 2.36 bits per heavy atom. The van der Waals surface area contributed by atoms with E-state index in [-0.39, 0.29) is 18.1 Å². The summed E-state index contributed by atoms with van der Waals surface area (Å²) >= 11 is 0.987. The van der Waals surface area contributed by atoms with Crippen molar-refractivity contribution in [1.29, 1.82) is 0 Å². The van der Waals surface area contributed by atoms with Gasteiger partial charge in [-0.1, -0.05) is 0 Å². The molecule has 1 unspecified atom stereocenters. The second-order valence-electron chi connectivity index (χ2n) is 2.84. The maximum Gasteiger partial charge on any atom is 0.306 e. The molecule has 62 valence electrons. The van der Waals surface area contributed by atoms with Crippen molar-refractivity contribution in [3.63, 3.8) is 0 Å². The van der Waals surface area contributed by atoms with E-state index in [1.807, 2.05) is 0 Å². The molecule has 0 amide bonds. The molecule has 0 aromatic rings. The first-order chi connectivity index (χ1) is 5.27. The van der Waals surface area contributed by atoms with E-state index in [2.05, 4.69) is 0 Å². The van der Waals surface area contributed by atoms with Gasteiger partial charge in [0.2, 0.25) is 0 Å². The van der Waals surface area contributed by atoms with E-state index >= 15 is 0 Å². The predicted molar refractivity (Wildman–Crippen MR) is 37.7 cm³/mol. The predicted octanol–water partition coefficient (Wildman–Crippen LogP) is 0.828. The minimum absolute atomic E-state index is 0.00102. The zero-order chi connectivity index (χ0) is 7.84. The zero-order valence-corrected chi connectivity index (χ0v) is 6.54. The molecule has 0 aromatic carbocycles. The molecule has 0 aromatic heterocycles. The van der Waals surface area contributed by atoms with E-state index < -0.39 is 5.97 Å². The van der Waals surface area contributed by atoms with Crippen LogP contribution in [-0.2, 0) is 13.2 Å². The number of rotatable bonds is 1. The molecular weight excluding hydrogens is 168 g/mol. The van der Waals surface area contributed by atoms with Crippen LogP contribution < -0.4 is 0 Å². The first-order valence-corrected chi connectivity index (χ1v) is 4.15. The van der Waals surface area contributed by atoms with Crippen LogP contribution in [0.15, 0.2) is 0 Å². The molecule has 1 heterocycles. The second kappa shape index (κ2) is 2.66. The summed E-state index contributed by atoms with van der Waals surface area (Å²) in [6.07, 6.45) is 1.18. The first kappa shape index (κ1) is 7.39. The van der Waals surface area contributed by atoms with Gasteiger partial charge in [-0.3, -0.25) is 13.2 Å². The van der Waals surface area contributed by atoms with Crippen LogP contribution in [0.2, 0.25) is 0 Å². The van der Waals surface area contributed by atoms with E-state index in [9.17, 15) is 4.79 Å². The van der Waals surface area contributed by atoms with Crippen molar-refractivity contribution in [2.24, 2.45) is 5.92 Å². The molecule has 1 aliphatic carbocycles. The van der Waals surface area contributed by atoms with Crippen molar-refractivity contribution in [2.45, 2.75) is 25.0 Å². The van der Waals surface area contributed by atoms with Gasteiger partial charge >= 0.3 is 5.97 Å². The zero-order valence-electron chi connectivity index (χ0n) is 5.73. The van der Waals surface area contributed by atoms with E-state index in [0.717, 1.165) is 12.3 Å². The van der Waals surface area contributed by atoms with Crippen LogP contribution >= 0.6 is 12.3 Å². The normalized spacial score (nSPS) is 42.4.